The third-order valence-corrected chi connectivity index (χ3v) is 3.56. The molecule has 0 bridgehead atoms. The van der Waals surface area contributed by atoms with E-state index in [2.05, 4.69) is 10.9 Å². The second-order valence-corrected chi connectivity index (χ2v) is 5.33. The number of rotatable bonds is 7. The fourth-order valence-electron chi connectivity index (χ4n) is 2.29. The first-order chi connectivity index (χ1) is 12.6. The maximum Gasteiger partial charge on any atom is 0.269 e. The lowest BCUT2D eigenvalue weighted by Crippen LogP contribution is -2.42. The van der Waals surface area contributed by atoms with Crippen LogP contribution < -0.4 is 25.1 Å². The Balaban J connectivity index is 1.89. The van der Waals surface area contributed by atoms with E-state index in [1.165, 1.54) is 7.11 Å². The van der Waals surface area contributed by atoms with Gasteiger partial charge in [-0.15, -0.1) is 0 Å². The van der Waals surface area contributed by atoms with Gasteiger partial charge in [-0.1, -0.05) is 6.07 Å². The van der Waals surface area contributed by atoms with Crippen LogP contribution >= 0.6 is 0 Å². The molecule has 0 saturated carbocycles. The topological polar surface area (TPSA) is 85.9 Å². The van der Waals surface area contributed by atoms with Crippen molar-refractivity contribution in [3.63, 3.8) is 0 Å². The molecule has 0 spiro atoms. The van der Waals surface area contributed by atoms with Gasteiger partial charge in [0.15, 0.2) is 11.5 Å². The third-order valence-electron chi connectivity index (χ3n) is 3.56. The summed E-state index contributed by atoms with van der Waals surface area (Å²) in [5.74, 6) is 1.04. The predicted octanol–water partition coefficient (Wildman–Crippen LogP) is 2.11. The fourth-order valence-corrected chi connectivity index (χ4v) is 2.29. The van der Waals surface area contributed by atoms with E-state index in [4.69, 9.17) is 14.2 Å². The first-order valence-electron chi connectivity index (χ1n) is 8.10. The van der Waals surface area contributed by atoms with Gasteiger partial charge in [0.05, 0.1) is 27.2 Å². The molecule has 2 aromatic rings. The van der Waals surface area contributed by atoms with Gasteiger partial charge in [-0.05, 0) is 48.9 Å². The van der Waals surface area contributed by atoms with Gasteiger partial charge in [-0.3, -0.25) is 20.4 Å². The van der Waals surface area contributed by atoms with Crippen molar-refractivity contribution in [2.45, 2.75) is 13.3 Å². The van der Waals surface area contributed by atoms with Crippen LogP contribution in [0.25, 0.3) is 0 Å². The molecule has 0 aliphatic rings. The summed E-state index contributed by atoms with van der Waals surface area (Å²) in [6.07, 6.45) is 0.0872. The number of ether oxygens (including phenoxy) is 3. The molecule has 0 unspecified atom stereocenters. The number of benzene rings is 2. The summed E-state index contributed by atoms with van der Waals surface area (Å²) >= 11 is 0. The van der Waals surface area contributed by atoms with Crippen LogP contribution in [0.5, 0.6) is 17.2 Å². The van der Waals surface area contributed by atoms with Crippen molar-refractivity contribution in [1.29, 1.82) is 0 Å². The molecule has 26 heavy (non-hydrogen) atoms. The molecule has 0 aromatic heterocycles. The van der Waals surface area contributed by atoms with Crippen molar-refractivity contribution < 1.29 is 23.8 Å². The van der Waals surface area contributed by atoms with Crippen LogP contribution in [0.3, 0.4) is 0 Å². The van der Waals surface area contributed by atoms with Crippen LogP contribution in [-0.2, 0) is 11.2 Å². The largest absolute Gasteiger partial charge is 0.494 e. The number of hydrogen-bond donors (Lipinski definition) is 2. The zero-order valence-corrected chi connectivity index (χ0v) is 15.0. The molecule has 0 saturated heterocycles. The monoisotopic (exact) mass is 358 g/mol. The van der Waals surface area contributed by atoms with E-state index < -0.39 is 5.91 Å². The van der Waals surface area contributed by atoms with Gasteiger partial charge in [0, 0.05) is 5.56 Å². The maximum absolute atomic E-state index is 12.1. The zero-order chi connectivity index (χ0) is 18.9. The van der Waals surface area contributed by atoms with E-state index in [1.807, 2.05) is 6.92 Å². The molecule has 2 aromatic carbocycles. The van der Waals surface area contributed by atoms with Crippen LogP contribution in [0.1, 0.15) is 22.8 Å². The molecular weight excluding hydrogens is 336 g/mol. The Labute approximate surface area is 152 Å². The van der Waals surface area contributed by atoms with E-state index >= 15 is 0 Å². The van der Waals surface area contributed by atoms with Crippen molar-refractivity contribution in [2.24, 2.45) is 0 Å². The van der Waals surface area contributed by atoms with Gasteiger partial charge in [0.25, 0.3) is 5.91 Å². The van der Waals surface area contributed by atoms with Crippen LogP contribution in [0.4, 0.5) is 0 Å². The minimum atomic E-state index is -0.409. The molecule has 2 N–H and O–H groups in total. The Bertz CT molecular complexity index is 759. The van der Waals surface area contributed by atoms with Crippen molar-refractivity contribution in [2.75, 3.05) is 20.8 Å². The lowest BCUT2D eigenvalue weighted by Gasteiger charge is -2.10. The SMILES string of the molecule is CCOc1ccc(C(=O)NNC(=O)Cc2ccc(OC)c(OC)c2)cc1. The number of hydrogen-bond acceptors (Lipinski definition) is 5. The zero-order valence-electron chi connectivity index (χ0n) is 15.0. The molecule has 0 aliphatic carbocycles. The van der Waals surface area contributed by atoms with Crippen molar-refractivity contribution in [3.05, 3.63) is 53.6 Å². The lowest BCUT2D eigenvalue weighted by atomic mass is 10.1. The normalized spacial score (nSPS) is 9.96. The first-order valence-corrected chi connectivity index (χ1v) is 8.10. The minimum Gasteiger partial charge on any atom is -0.494 e. The fraction of sp³-hybridized carbons (Fsp3) is 0.263. The molecule has 7 heteroatoms. The lowest BCUT2D eigenvalue weighted by molar-refractivity contribution is -0.121. The highest BCUT2D eigenvalue weighted by molar-refractivity contribution is 5.95. The third kappa shape index (κ3) is 5.14. The number of nitrogens with one attached hydrogen (secondary N) is 2. The summed E-state index contributed by atoms with van der Waals surface area (Å²) in [7, 11) is 3.07. The molecule has 0 fully saturated rings. The standard InChI is InChI=1S/C19H22N2O5/c1-4-26-15-8-6-14(7-9-15)19(23)21-20-18(22)12-13-5-10-16(24-2)17(11-13)25-3/h5-11H,4,12H2,1-3H3,(H,20,22)(H,21,23). The Morgan fingerprint density at radius 3 is 2.23 bits per heavy atom. The molecule has 0 atom stereocenters. The quantitative estimate of drug-likeness (QED) is 0.741. The van der Waals surface area contributed by atoms with Crippen molar-refractivity contribution in [1.82, 2.24) is 10.9 Å². The average molecular weight is 358 g/mol. The Morgan fingerprint density at radius 1 is 0.923 bits per heavy atom. The Hall–Kier alpha value is -3.22. The van der Waals surface area contributed by atoms with E-state index in [9.17, 15) is 9.59 Å². The van der Waals surface area contributed by atoms with Gasteiger partial charge in [0.2, 0.25) is 5.91 Å². The van der Waals surface area contributed by atoms with Gasteiger partial charge < -0.3 is 14.2 Å². The summed E-state index contributed by atoms with van der Waals surface area (Å²) < 4.78 is 15.7. The Morgan fingerprint density at radius 2 is 1.62 bits per heavy atom. The van der Waals surface area contributed by atoms with Crippen LogP contribution in [-0.4, -0.2) is 32.6 Å². The number of carbonyl (C=O) groups is 2. The smallest absolute Gasteiger partial charge is 0.269 e. The highest BCUT2D eigenvalue weighted by atomic mass is 16.5. The van der Waals surface area contributed by atoms with Gasteiger partial charge >= 0.3 is 0 Å². The number of carbonyl (C=O) groups excluding carboxylic acids is 2. The molecule has 2 amide bonds. The summed E-state index contributed by atoms with van der Waals surface area (Å²) in [6.45, 7) is 2.44. The molecule has 7 nitrogen and oxygen atoms in total. The number of hydrazine groups is 1. The summed E-state index contributed by atoms with van der Waals surface area (Å²) in [4.78, 5) is 24.1. The number of methoxy groups -OCH3 is 2. The predicted molar refractivity (Wildman–Crippen MR) is 96.5 cm³/mol. The van der Waals surface area contributed by atoms with Gasteiger partial charge in [-0.25, -0.2) is 0 Å². The van der Waals surface area contributed by atoms with Crippen molar-refractivity contribution in [3.8, 4) is 17.2 Å². The average Bonchev–Trinajstić information content (AvgIpc) is 2.66. The van der Waals surface area contributed by atoms with E-state index in [0.29, 0.717) is 29.4 Å². The molecule has 2 rings (SSSR count). The van der Waals surface area contributed by atoms with Crippen LogP contribution in [0, 0.1) is 0 Å². The highest BCUT2D eigenvalue weighted by Crippen LogP contribution is 2.27. The molecule has 0 aliphatic heterocycles. The molecular formula is C19H22N2O5. The second kappa shape index (κ2) is 9.31. The molecule has 0 radical (unpaired) electrons. The maximum atomic E-state index is 12.1. The van der Waals surface area contributed by atoms with E-state index in [1.54, 1.807) is 49.6 Å². The minimum absolute atomic E-state index is 0.0872. The van der Waals surface area contributed by atoms with Gasteiger partial charge in [0.1, 0.15) is 5.75 Å². The molecule has 0 heterocycles. The Kier molecular flexibility index (Phi) is 6.84. The summed E-state index contributed by atoms with van der Waals surface area (Å²) in [6, 6.07) is 11.8. The van der Waals surface area contributed by atoms with E-state index in [-0.39, 0.29) is 12.3 Å². The molecule has 138 valence electrons. The highest BCUT2D eigenvalue weighted by Gasteiger charge is 2.10. The van der Waals surface area contributed by atoms with Crippen LogP contribution in [0.2, 0.25) is 0 Å². The van der Waals surface area contributed by atoms with Gasteiger partial charge in [-0.2, -0.15) is 0 Å². The van der Waals surface area contributed by atoms with E-state index in [0.717, 1.165) is 5.56 Å². The summed E-state index contributed by atoms with van der Waals surface area (Å²) in [5.41, 5.74) is 5.93. The van der Waals surface area contributed by atoms with Crippen molar-refractivity contribution >= 4 is 11.8 Å². The number of amides is 2. The first kappa shape index (κ1) is 19.1. The van der Waals surface area contributed by atoms with Crippen LogP contribution in [0.15, 0.2) is 42.5 Å². The second-order valence-electron chi connectivity index (χ2n) is 5.33. The summed E-state index contributed by atoms with van der Waals surface area (Å²) in [5, 5.41) is 0.